The molecular weight excluding hydrogens is 299 g/mol. The largest absolute Gasteiger partial charge is 0.480 e. The summed E-state index contributed by atoms with van der Waals surface area (Å²) < 4.78 is 0. The molecule has 0 aliphatic heterocycles. The molecule has 0 rings (SSSR count). The Labute approximate surface area is 110 Å². The predicted octanol–water partition coefficient (Wildman–Crippen LogP) is 0.761. The highest BCUT2D eigenvalue weighted by atomic mass is 35.5. The fourth-order valence-corrected chi connectivity index (χ4v) is 3.37. The number of halogens is 2. The number of carboxylic acid groups (broad SMARTS) is 2. The van der Waals surface area contributed by atoms with Crippen LogP contribution in [0.3, 0.4) is 0 Å². The SMILES string of the molecule is O=C(O)C(CSSC[C@H](NCl)C(=O)O)NCl. The van der Waals surface area contributed by atoms with E-state index in [2.05, 4.69) is 9.67 Å². The van der Waals surface area contributed by atoms with Gasteiger partial charge in [0.2, 0.25) is 0 Å². The summed E-state index contributed by atoms with van der Waals surface area (Å²) in [6.07, 6.45) is 0. The second-order valence-electron chi connectivity index (χ2n) is 2.57. The molecule has 16 heavy (non-hydrogen) atoms. The standard InChI is InChI=1S/C6H10Cl2N2O4S2/c7-9-3(5(11)12)1-15-16-2-4(10-8)6(13)14/h3-4,9-10H,1-2H2,(H,11,12)(H,13,14)/t3-,4?/m0/s1. The molecule has 0 radical (unpaired) electrons. The first kappa shape index (κ1) is 16.1. The van der Waals surface area contributed by atoms with E-state index < -0.39 is 24.0 Å². The zero-order valence-electron chi connectivity index (χ0n) is 7.85. The van der Waals surface area contributed by atoms with Gasteiger partial charge in [-0.15, -0.1) is 0 Å². The number of carboxylic acids is 2. The van der Waals surface area contributed by atoms with Crippen molar-refractivity contribution in [1.29, 1.82) is 0 Å². The first-order valence-electron chi connectivity index (χ1n) is 3.95. The van der Waals surface area contributed by atoms with E-state index in [4.69, 9.17) is 33.8 Å². The molecule has 0 bridgehead atoms. The summed E-state index contributed by atoms with van der Waals surface area (Å²) >= 11 is 10.4. The number of hydrogen-bond donors (Lipinski definition) is 4. The maximum absolute atomic E-state index is 10.5. The summed E-state index contributed by atoms with van der Waals surface area (Å²) in [6, 6.07) is -1.74. The van der Waals surface area contributed by atoms with Crippen molar-refractivity contribution in [2.75, 3.05) is 11.5 Å². The van der Waals surface area contributed by atoms with E-state index in [-0.39, 0.29) is 11.5 Å². The first-order chi connectivity index (χ1) is 7.52. The van der Waals surface area contributed by atoms with E-state index in [9.17, 15) is 9.59 Å². The van der Waals surface area contributed by atoms with Gasteiger partial charge in [0, 0.05) is 11.5 Å². The maximum atomic E-state index is 10.5. The van der Waals surface area contributed by atoms with Crippen molar-refractivity contribution in [3.8, 4) is 0 Å². The maximum Gasteiger partial charge on any atom is 0.322 e. The van der Waals surface area contributed by atoms with Gasteiger partial charge in [-0.05, 0) is 23.6 Å². The highest BCUT2D eigenvalue weighted by Crippen LogP contribution is 2.23. The van der Waals surface area contributed by atoms with Crippen LogP contribution < -0.4 is 9.67 Å². The third kappa shape index (κ3) is 6.66. The Kier molecular flexibility index (Phi) is 9.28. The van der Waals surface area contributed by atoms with E-state index in [0.29, 0.717) is 0 Å². The molecule has 0 spiro atoms. The van der Waals surface area contributed by atoms with Crippen molar-refractivity contribution in [2.45, 2.75) is 12.1 Å². The molecule has 0 aliphatic carbocycles. The lowest BCUT2D eigenvalue weighted by Crippen LogP contribution is -2.34. The molecule has 0 saturated heterocycles. The van der Waals surface area contributed by atoms with Crippen LogP contribution in [0.15, 0.2) is 0 Å². The highest BCUT2D eigenvalue weighted by Gasteiger charge is 2.18. The second-order valence-corrected chi connectivity index (χ2v) is 5.56. The van der Waals surface area contributed by atoms with Crippen molar-refractivity contribution < 1.29 is 19.8 Å². The molecule has 1 unspecified atom stereocenters. The lowest BCUT2D eigenvalue weighted by molar-refractivity contribution is -0.139. The summed E-state index contributed by atoms with van der Waals surface area (Å²) in [5.74, 6) is -1.68. The average molecular weight is 309 g/mol. The van der Waals surface area contributed by atoms with Gasteiger partial charge in [0.25, 0.3) is 0 Å². The normalized spacial score (nSPS) is 14.4. The molecule has 94 valence electrons. The Balaban J connectivity index is 3.73. The van der Waals surface area contributed by atoms with E-state index in [0.717, 1.165) is 0 Å². The quantitative estimate of drug-likeness (QED) is 0.281. The number of rotatable bonds is 9. The zero-order valence-corrected chi connectivity index (χ0v) is 11.0. The van der Waals surface area contributed by atoms with Crippen LogP contribution in [-0.2, 0) is 9.59 Å². The van der Waals surface area contributed by atoms with Crippen LogP contribution in [0.4, 0.5) is 0 Å². The lowest BCUT2D eigenvalue weighted by atomic mass is 10.4. The second kappa shape index (κ2) is 9.20. The van der Waals surface area contributed by atoms with E-state index in [1.165, 1.54) is 21.6 Å². The number of nitrogens with one attached hydrogen (secondary N) is 2. The molecule has 0 heterocycles. The van der Waals surface area contributed by atoms with Crippen LogP contribution in [0, 0.1) is 0 Å². The molecule has 0 aromatic rings. The summed E-state index contributed by atoms with van der Waals surface area (Å²) in [5.41, 5.74) is 0. The van der Waals surface area contributed by atoms with Crippen molar-refractivity contribution >= 4 is 57.1 Å². The van der Waals surface area contributed by atoms with Crippen molar-refractivity contribution in [3.63, 3.8) is 0 Å². The summed E-state index contributed by atoms with van der Waals surface area (Å²) in [5, 5.41) is 17.2. The average Bonchev–Trinajstić information content (AvgIpc) is 2.22. The Morgan fingerprint density at radius 1 is 1.00 bits per heavy atom. The van der Waals surface area contributed by atoms with Crippen molar-refractivity contribution in [2.24, 2.45) is 0 Å². The van der Waals surface area contributed by atoms with Gasteiger partial charge in [0.05, 0.1) is 0 Å². The molecule has 4 N–H and O–H groups in total. The van der Waals surface area contributed by atoms with Crippen LogP contribution in [-0.4, -0.2) is 45.7 Å². The minimum absolute atomic E-state index is 0.220. The molecule has 10 heteroatoms. The molecule has 0 fully saturated rings. The number of aliphatic carboxylic acids is 2. The fourth-order valence-electron chi connectivity index (χ4n) is 0.531. The van der Waals surface area contributed by atoms with E-state index in [1.54, 1.807) is 0 Å². The van der Waals surface area contributed by atoms with Crippen molar-refractivity contribution in [1.82, 2.24) is 9.67 Å². The fraction of sp³-hybridized carbons (Fsp3) is 0.667. The number of hydrogen-bond acceptors (Lipinski definition) is 6. The molecule has 0 amide bonds. The van der Waals surface area contributed by atoms with E-state index in [1.807, 2.05) is 0 Å². The molecule has 0 aromatic heterocycles. The Bertz CT molecular complexity index is 223. The summed E-state index contributed by atoms with van der Waals surface area (Å²) in [7, 11) is 2.40. The van der Waals surface area contributed by atoms with Gasteiger partial charge in [0.1, 0.15) is 12.1 Å². The van der Waals surface area contributed by atoms with Gasteiger partial charge < -0.3 is 10.2 Å². The summed E-state index contributed by atoms with van der Waals surface area (Å²) in [4.78, 5) is 25.3. The van der Waals surface area contributed by atoms with Gasteiger partial charge in [-0.3, -0.25) is 9.59 Å². The molecule has 0 saturated carbocycles. The molecule has 0 aromatic carbocycles. The molecule has 6 nitrogen and oxygen atoms in total. The van der Waals surface area contributed by atoms with E-state index >= 15 is 0 Å². The highest BCUT2D eigenvalue weighted by molar-refractivity contribution is 8.76. The zero-order chi connectivity index (χ0) is 12.6. The minimum Gasteiger partial charge on any atom is -0.480 e. The van der Waals surface area contributed by atoms with Gasteiger partial charge in [-0.25, -0.2) is 9.67 Å². The predicted molar refractivity (Wildman–Crippen MR) is 65.7 cm³/mol. The van der Waals surface area contributed by atoms with Gasteiger partial charge in [-0.1, -0.05) is 21.6 Å². The van der Waals surface area contributed by atoms with Gasteiger partial charge >= 0.3 is 11.9 Å². The number of carbonyl (C=O) groups is 2. The Morgan fingerprint density at radius 3 is 1.50 bits per heavy atom. The minimum atomic E-state index is -1.06. The van der Waals surface area contributed by atoms with Gasteiger partial charge in [0.15, 0.2) is 0 Å². The third-order valence-corrected chi connectivity index (χ3v) is 4.36. The molecular formula is C6H10Cl2N2O4S2. The first-order valence-corrected chi connectivity index (χ1v) is 7.19. The third-order valence-electron chi connectivity index (χ3n) is 1.41. The molecule has 2 atom stereocenters. The van der Waals surface area contributed by atoms with Crippen molar-refractivity contribution in [3.05, 3.63) is 0 Å². The van der Waals surface area contributed by atoms with Crippen LogP contribution in [0.5, 0.6) is 0 Å². The topological polar surface area (TPSA) is 98.7 Å². The van der Waals surface area contributed by atoms with Crippen LogP contribution in [0.1, 0.15) is 0 Å². The Hall–Kier alpha value is 0.140. The molecule has 0 aliphatic rings. The summed E-state index contributed by atoms with van der Waals surface area (Å²) in [6.45, 7) is 0. The van der Waals surface area contributed by atoms with Crippen LogP contribution >= 0.6 is 45.1 Å². The lowest BCUT2D eigenvalue weighted by Gasteiger charge is -2.10. The van der Waals surface area contributed by atoms with Crippen LogP contribution in [0.2, 0.25) is 0 Å². The monoisotopic (exact) mass is 308 g/mol. The van der Waals surface area contributed by atoms with Gasteiger partial charge in [-0.2, -0.15) is 0 Å². The smallest absolute Gasteiger partial charge is 0.322 e. The Morgan fingerprint density at radius 2 is 1.31 bits per heavy atom. The van der Waals surface area contributed by atoms with Crippen LogP contribution in [0.25, 0.3) is 0 Å².